The molecule has 0 aliphatic carbocycles. The van der Waals surface area contributed by atoms with Crippen LogP contribution in [0.4, 0.5) is 11.5 Å². The van der Waals surface area contributed by atoms with Crippen molar-refractivity contribution in [2.45, 2.75) is 12.8 Å². The quantitative estimate of drug-likeness (QED) is 0.707. The van der Waals surface area contributed by atoms with E-state index < -0.39 is 0 Å². The summed E-state index contributed by atoms with van der Waals surface area (Å²) < 4.78 is 5.37. The fraction of sp³-hybridized carbons (Fsp3) is 0.292. The van der Waals surface area contributed by atoms with Gasteiger partial charge in [0.15, 0.2) is 0 Å². The molecule has 0 spiro atoms. The molecule has 1 N–H and O–H groups in total. The van der Waals surface area contributed by atoms with E-state index in [-0.39, 0.29) is 17.9 Å². The van der Waals surface area contributed by atoms with Gasteiger partial charge in [0.05, 0.1) is 19.6 Å². The predicted molar refractivity (Wildman–Crippen MR) is 120 cm³/mol. The lowest BCUT2D eigenvalue weighted by Gasteiger charge is -2.27. The molecule has 31 heavy (non-hydrogen) atoms. The number of rotatable bonds is 4. The zero-order valence-electron chi connectivity index (χ0n) is 17.2. The molecule has 2 aliphatic rings. The third-order valence-corrected chi connectivity index (χ3v) is 5.84. The van der Waals surface area contributed by atoms with Gasteiger partial charge in [-0.25, -0.2) is 4.98 Å². The number of hydrogen-bond acceptors (Lipinski definition) is 5. The Morgan fingerprint density at radius 1 is 1.03 bits per heavy atom. The number of nitrogens with one attached hydrogen (secondary N) is 1. The molecule has 158 valence electrons. The molecule has 5 rings (SSSR count). The molecule has 0 bridgehead atoms. The van der Waals surface area contributed by atoms with Crippen LogP contribution >= 0.6 is 0 Å². The maximum atomic E-state index is 13.2. The van der Waals surface area contributed by atoms with E-state index in [0.717, 1.165) is 23.2 Å². The zero-order chi connectivity index (χ0) is 21.2. The van der Waals surface area contributed by atoms with Crippen LogP contribution in [0.2, 0.25) is 0 Å². The number of amides is 1. The molecular weight excluding hydrogens is 392 g/mol. The zero-order valence-corrected chi connectivity index (χ0v) is 17.2. The van der Waals surface area contributed by atoms with Crippen LogP contribution in [0.15, 0.2) is 59.4 Å². The van der Waals surface area contributed by atoms with Gasteiger partial charge in [-0.15, -0.1) is 0 Å². The standard InChI is InChI=1S/C24H24N4O3/c29-23-16-22(27-11-13-31-14-12-27)25-21(26-23)15-24(30)28-10-9-19-18(7-4-8-20(19)28)17-5-2-1-3-6-17/h1-8,16H,9-15H2,(H,25,26,29). The van der Waals surface area contributed by atoms with E-state index in [1.54, 1.807) is 0 Å². The van der Waals surface area contributed by atoms with Gasteiger partial charge in [-0.1, -0.05) is 42.5 Å². The summed E-state index contributed by atoms with van der Waals surface area (Å²) in [5.41, 5.74) is 4.20. The number of morpholine rings is 1. The Hall–Kier alpha value is -3.45. The van der Waals surface area contributed by atoms with Crippen molar-refractivity contribution >= 4 is 17.4 Å². The summed E-state index contributed by atoms with van der Waals surface area (Å²) in [5, 5.41) is 0. The predicted octanol–water partition coefficient (Wildman–Crippen LogP) is 2.41. The van der Waals surface area contributed by atoms with Crippen molar-refractivity contribution < 1.29 is 9.53 Å². The molecule has 7 nitrogen and oxygen atoms in total. The molecule has 3 aromatic rings. The smallest absolute Gasteiger partial charge is 0.252 e. The molecule has 1 amide bonds. The van der Waals surface area contributed by atoms with Crippen LogP contribution in [-0.4, -0.2) is 48.7 Å². The third kappa shape index (κ3) is 3.96. The number of carbonyl (C=O) groups excluding carboxylic acids is 1. The first kappa shape index (κ1) is 19.5. The molecule has 2 aromatic carbocycles. The monoisotopic (exact) mass is 416 g/mol. The van der Waals surface area contributed by atoms with Crippen molar-refractivity contribution in [3.05, 3.63) is 76.3 Å². The van der Waals surface area contributed by atoms with Crippen LogP contribution in [-0.2, 0) is 22.4 Å². The molecule has 3 heterocycles. The summed E-state index contributed by atoms with van der Waals surface area (Å²) in [7, 11) is 0. The summed E-state index contributed by atoms with van der Waals surface area (Å²) >= 11 is 0. The minimum atomic E-state index is -0.243. The van der Waals surface area contributed by atoms with Crippen molar-refractivity contribution in [1.82, 2.24) is 9.97 Å². The molecule has 1 fully saturated rings. The van der Waals surface area contributed by atoms with Crippen LogP contribution in [0.5, 0.6) is 0 Å². The summed E-state index contributed by atoms with van der Waals surface area (Å²) in [4.78, 5) is 36.4. The average molecular weight is 416 g/mol. The summed E-state index contributed by atoms with van der Waals surface area (Å²) in [6, 6.07) is 17.8. The van der Waals surface area contributed by atoms with Gasteiger partial charge in [-0.05, 0) is 29.2 Å². The Bertz CT molecular complexity index is 1150. The lowest BCUT2D eigenvalue weighted by atomic mass is 9.98. The Morgan fingerprint density at radius 2 is 1.84 bits per heavy atom. The Kier molecular flexibility index (Phi) is 5.26. The summed E-state index contributed by atoms with van der Waals surface area (Å²) in [5.74, 6) is 0.931. The van der Waals surface area contributed by atoms with E-state index in [4.69, 9.17) is 4.74 Å². The minimum Gasteiger partial charge on any atom is -0.378 e. The number of anilines is 2. The molecule has 0 radical (unpaired) electrons. The molecule has 1 aromatic heterocycles. The molecule has 2 aliphatic heterocycles. The molecular formula is C24H24N4O3. The topological polar surface area (TPSA) is 78.5 Å². The van der Waals surface area contributed by atoms with Crippen molar-refractivity contribution in [1.29, 1.82) is 0 Å². The first-order valence-corrected chi connectivity index (χ1v) is 10.6. The van der Waals surface area contributed by atoms with E-state index >= 15 is 0 Å². The second-order valence-electron chi connectivity index (χ2n) is 7.79. The van der Waals surface area contributed by atoms with E-state index in [2.05, 4.69) is 28.2 Å². The highest BCUT2D eigenvalue weighted by Gasteiger charge is 2.27. The fourth-order valence-corrected chi connectivity index (χ4v) is 4.35. The number of carbonyl (C=O) groups is 1. The van der Waals surface area contributed by atoms with Gasteiger partial charge in [0, 0.05) is 31.4 Å². The number of nitrogens with zero attached hydrogens (tertiary/aromatic N) is 3. The highest BCUT2D eigenvalue weighted by Crippen LogP contribution is 2.36. The number of aromatic amines is 1. The SMILES string of the molecule is O=C(Cc1nc(N2CCOCC2)cc(=O)[nH]1)N1CCc2c(-c3ccccc3)cccc21. The summed E-state index contributed by atoms with van der Waals surface area (Å²) in [6.07, 6.45) is 0.867. The number of ether oxygens (including phenoxy) is 1. The van der Waals surface area contributed by atoms with Gasteiger partial charge in [0.2, 0.25) is 5.91 Å². The van der Waals surface area contributed by atoms with Gasteiger partial charge < -0.3 is 19.5 Å². The van der Waals surface area contributed by atoms with Crippen molar-refractivity contribution in [3.8, 4) is 11.1 Å². The van der Waals surface area contributed by atoms with E-state index in [0.29, 0.717) is 44.5 Å². The van der Waals surface area contributed by atoms with Crippen molar-refractivity contribution in [2.24, 2.45) is 0 Å². The largest absolute Gasteiger partial charge is 0.378 e. The number of aromatic nitrogens is 2. The Labute approximate surface area is 180 Å². The number of benzene rings is 2. The van der Waals surface area contributed by atoms with Crippen LogP contribution in [0.1, 0.15) is 11.4 Å². The molecule has 0 unspecified atom stereocenters. The highest BCUT2D eigenvalue weighted by atomic mass is 16.5. The van der Waals surface area contributed by atoms with E-state index in [1.807, 2.05) is 40.1 Å². The lowest BCUT2D eigenvalue weighted by Crippen LogP contribution is -2.38. The number of fused-ring (bicyclic) bond motifs is 1. The van der Waals surface area contributed by atoms with E-state index in [9.17, 15) is 9.59 Å². The van der Waals surface area contributed by atoms with Gasteiger partial charge in [-0.2, -0.15) is 0 Å². The summed E-state index contributed by atoms with van der Waals surface area (Å²) in [6.45, 7) is 3.22. The fourth-order valence-electron chi connectivity index (χ4n) is 4.35. The van der Waals surface area contributed by atoms with Gasteiger partial charge >= 0.3 is 0 Å². The van der Waals surface area contributed by atoms with Crippen LogP contribution < -0.4 is 15.4 Å². The Balaban J connectivity index is 1.39. The lowest BCUT2D eigenvalue weighted by molar-refractivity contribution is -0.118. The second kappa shape index (κ2) is 8.35. The van der Waals surface area contributed by atoms with Crippen LogP contribution in [0.3, 0.4) is 0 Å². The number of H-pyrrole nitrogens is 1. The first-order valence-electron chi connectivity index (χ1n) is 10.6. The second-order valence-corrected chi connectivity index (χ2v) is 7.79. The minimum absolute atomic E-state index is 0.0580. The molecule has 7 heteroatoms. The van der Waals surface area contributed by atoms with Crippen LogP contribution in [0, 0.1) is 0 Å². The highest BCUT2D eigenvalue weighted by molar-refractivity contribution is 5.98. The Morgan fingerprint density at radius 3 is 2.65 bits per heavy atom. The first-order chi connectivity index (χ1) is 15.2. The maximum absolute atomic E-state index is 13.2. The average Bonchev–Trinajstić information content (AvgIpc) is 3.24. The number of hydrogen-bond donors (Lipinski definition) is 1. The van der Waals surface area contributed by atoms with Crippen LogP contribution in [0.25, 0.3) is 11.1 Å². The van der Waals surface area contributed by atoms with Crippen molar-refractivity contribution in [2.75, 3.05) is 42.6 Å². The van der Waals surface area contributed by atoms with Gasteiger partial charge in [0.25, 0.3) is 5.56 Å². The van der Waals surface area contributed by atoms with Gasteiger partial charge in [0.1, 0.15) is 11.6 Å². The molecule has 0 atom stereocenters. The normalized spacial score (nSPS) is 15.7. The molecule has 0 saturated carbocycles. The third-order valence-electron chi connectivity index (χ3n) is 5.84. The molecule has 1 saturated heterocycles. The van der Waals surface area contributed by atoms with Gasteiger partial charge in [-0.3, -0.25) is 9.59 Å². The van der Waals surface area contributed by atoms with Crippen molar-refractivity contribution in [3.63, 3.8) is 0 Å². The van der Waals surface area contributed by atoms with E-state index in [1.165, 1.54) is 11.6 Å². The maximum Gasteiger partial charge on any atom is 0.252 e.